The number of benzene rings is 2. The molecule has 4 aromatic heterocycles. The quantitative estimate of drug-likeness (QED) is 0.127. The number of hydrogen-bond acceptors (Lipinski definition) is 10. The van der Waals surface area contributed by atoms with Gasteiger partial charge in [0.1, 0.15) is 11.4 Å². The van der Waals surface area contributed by atoms with Gasteiger partial charge in [0.2, 0.25) is 0 Å². The first-order valence-electron chi connectivity index (χ1n) is 17.4. The van der Waals surface area contributed by atoms with Crippen molar-refractivity contribution in [2.45, 2.75) is 37.5 Å². The first-order chi connectivity index (χ1) is 27.1. The van der Waals surface area contributed by atoms with Crippen LogP contribution in [0.1, 0.15) is 69.9 Å². The Morgan fingerprint density at radius 3 is 1.39 bits per heavy atom. The number of carbonyl (C=O) groups is 2. The Hall–Kier alpha value is -6.46. The summed E-state index contributed by atoms with van der Waals surface area (Å²) in [4.78, 5) is 45.0. The van der Waals surface area contributed by atoms with Gasteiger partial charge in [-0.3, -0.25) is 19.6 Å². The fourth-order valence-electron chi connectivity index (χ4n) is 6.46. The molecule has 56 heavy (non-hydrogen) atoms. The Morgan fingerprint density at radius 2 is 1.00 bits per heavy atom. The highest BCUT2D eigenvalue weighted by Gasteiger charge is 2.32. The summed E-state index contributed by atoms with van der Waals surface area (Å²) in [6, 6.07) is 14.0. The van der Waals surface area contributed by atoms with Crippen molar-refractivity contribution in [3.05, 3.63) is 131 Å². The monoisotopic (exact) mass is 776 g/mol. The summed E-state index contributed by atoms with van der Waals surface area (Å²) < 4.78 is 91.6. The van der Waals surface area contributed by atoms with Crippen LogP contribution in [0.5, 0.6) is 0 Å². The molecule has 0 unspecified atom stereocenters. The summed E-state index contributed by atoms with van der Waals surface area (Å²) in [5, 5.41) is 7.96. The van der Waals surface area contributed by atoms with Crippen LogP contribution in [0.25, 0.3) is 23.2 Å². The number of piperidine rings is 2. The lowest BCUT2D eigenvalue weighted by atomic mass is 9.96. The molecule has 0 bridgehead atoms. The lowest BCUT2D eigenvalue weighted by Gasteiger charge is -2.31. The molecule has 0 radical (unpaired) electrons. The van der Waals surface area contributed by atoms with E-state index < -0.39 is 57.8 Å². The van der Waals surface area contributed by atoms with Crippen LogP contribution in [-0.2, 0) is 0 Å². The summed E-state index contributed by atoms with van der Waals surface area (Å²) in [6.07, 6.45) is 5.91. The molecule has 18 heteroatoms. The molecule has 288 valence electrons. The van der Waals surface area contributed by atoms with E-state index in [4.69, 9.17) is 9.05 Å². The van der Waals surface area contributed by atoms with Crippen LogP contribution in [0.2, 0.25) is 0 Å². The van der Waals surface area contributed by atoms with Crippen molar-refractivity contribution in [1.29, 1.82) is 0 Å². The van der Waals surface area contributed by atoms with Crippen molar-refractivity contribution in [2.75, 3.05) is 26.2 Å². The van der Waals surface area contributed by atoms with E-state index >= 15 is 0 Å². The van der Waals surface area contributed by atoms with Gasteiger partial charge in [-0.05, 0) is 74.2 Å². The molecule has 8 rings (SSSR count). The highest BCUT2D eigenvalue weighted by Crippen LogP contribution is 2.30. The van der Waals surface area contributed by atoms with E-state index in [1.165, 1.54) is 9.80 Å². The summed E-state index contributed by atoms with van der Waals surface area (Å²) in [5.41, 5.74) is 0.0753. The first kappa shape index (κ1) is 37.8. The van der Waals surface area contributed by atoms with Gasteiger partial charge >= 0.3 is 0 Å². The van der Waals surface area contributed by atoms with Crippen molar-refractivity contribution < 1.29 is 45.0 Å². The van der Waals surface area contributed by atoms with E-state index in [0.717, 1.165) is 24.3 Å². The molecule has 0 saturated carbocycles. The van der Waals surface area contributed by atoms with E-state index in [0.29, 0.717) is 61.8 Å². The molecule has 2 saturated heterocycles. The van der Waals surface area contributed by atoms with Crippen molar-refractivity contribution >= 4 is 11.8 Å². The van der Waals surface area contributed by atoms with Crippen molar-refractivity contribution in [2.24, 2.45) is 0 Å². The van der Waals surface area contributed by atoms with Crippen molar-refractivity contribution in [3.63, 3.8) is 0 Å². The number of nitrogens with zero attached hydrogens (tertiary/aromatic N) is 8. The molecule has 2 aliphatic heterocycles. The number of hydrogen-bond donors (Lipinski definition) is 0. The number of aromatic nitrogens is 6. The second-order valence-corrected chi connectivity index (χ2v) is 13.0. The number of rotatable bonds is 6. The molecule has 2 aliphatic rings. The lowest BCUT2D eigenvalue weighted by Crippen LogP contribution is -2.39. The largest absolute Gasteiger partial charge is 0.338 e. The molecular formula is C38H30F6N8O4. The molecule has 2 aromatic carbocycles. The molecule has 0 aliphatic carbocycles. The van der Waals surface area contributed by atoms with Gasteiger partial charge in [0.15, 0.2) is 46.6 Å². The Kier molecular flexibility index (Phi) is 11.1. The van der Waals surface area contributed by atoms with Crippen LogP contribution in [0.3, 0.4) is 0 Å². The molecule has 6 heterocycles. The molecule has 2 amide bonds. The van der Waals surface area contributed by atoms with Gasteiger partial charge in [0.25, 0.3) is 23.6 Å². The number of pyridine rings is 2. The average Bonchev–Trinajstić information content (AvgIpc) is 3.95. The summed E-state index contributed by atoms with van der Waals surface area (Å²) in [7, 11) is 0. The highest BCUT2D eigenvalue weighted by molar-refractivity contribution is 5.95. The van der Waals surface area contributed by atoms with Crippen LogP contribution >= 0.6 is 0 Å². The minimum Gasteiger partial charge on any atom is -0.338 e. The zero-order valence-electron chi connectivity index (χ0n) is 29.2. The molecule has 2 fully saturated rings. The Labute approximate surface area is 314 Å². The minimum absolute atomic E-state index is 0.215. The smallest absolute Gasteiger partial charge is 0.276 e. The number of likely N-dealkylation sites (tertiary alicyclic amines) is 2. The van der Waals surface area contributed by atoms with Gasteiger partial charge in [0, 0.05) is 50.4 Å². The second-order valence-electron chi connectivity index (χ2n) is 13.0. The van der Waals surface area contributed by atoms with E-state index in [9.17, 15) is 35.9 Å². The standard InChI is InChI=1S/2C19H15F3N4O2/c2*20-13-7-6-12(15(21)16(13)22)19(27)26-9-3-4-11(10-26)17-24-18(28-25-17)14-5-1-2-8-23-14/h2*1-2,5-8,11H,3-4,9-10H2/t2*11-/m00/s1. The van der Waals surface area contributed by atoms with E-state index in [1.54, 1.807) is 48.8 Å². The van der Waals surface area contributed by atoms with Gasteiger partial charge < -0.3 is 18.8 Å². The lowest BCUT2D eigenvalue weighted by molar-refractivity contribution is 0.0690. The predicted molar refractivity (Wildman–Crippen MR) is 183 cm³/mol. The number of amides is 2. The molecule has 0 N–H and O–H groups in total. The van der Waals surface area contributed by atoms with E-state index in [-0.39, 0.29) is 36.7 Å². The summed E-state index contributed by atoms with van der Waals surface area (Å²) in [5.74, 6) is -9.39. The maximum atomic E-state index is 14.0. The van der Waals surface area contributed by atoms with Crippen LogP contribution < -0.4 is 0 Å². The third kappa shape index (κ3) is 7.99. The van der Waals surface area contributed by atoms with Crippen LogP contribution in [0, 0.1) is 34.9 Å². The number of carbonyl (C=O) groups excluding carboxylic acids is 2. The first-order valence-corrected chi connectivity index (χ1v) is 17.4. The van der Waals surface area contributed by atoms with Crippen LogP contribution in [-0.4, -0.2) is 78.0 Å². The zero-order valence-corrected chi connectivity index (χ0v) is 29.2. The van der Waals surface area contributed by atoms with Gasteiger partial charge in [0.05, 0.1) is 11.1 Å². The maximum absolute atomic E-state index is 14.0. The Morgan fingerprint density at radius 1 is 0.571 bits per heavy atom. The summed E-state index contributed by atoms with van der Waals surface area (Å²) >= 11 is 0. The maximum Gasteiger partial charge on any atom is 0.276 e. The second kappa shape index (κ2) is 16.5. The van der Waals surface area contributed by atoms with Gasteiger partial charge in [-0.25, -0.2) is 26.3 Å². The minimum atomic E-state index is -1.66. The Balaban J connectivity index is 0.000000172. The van der Waals surface area contributed by atoms with E-state index in [2.05, 4.69) is 30.2 Å². The van der Waals surface area contributed by atoms with Gasteiger partial charge in [-0.15, -0.1) is 0 Å². The topological polar surface area (TPSA) is 144 Å². The molecule has 6 aromatic rings. The fraction of sp³-hybridized carbons (Fsp3) is 0.263. The SMILES string of the molecule is O=C(c1ccc(F)c(F)c1F)N1CCC[C@H](c2noc(-c3ccccn3)n2)C1.O=C(c1ccc(F)c(F)c1F)N1CCC[C@H](c2noc(-c3ccccn3)n2)C1. The zero-order chi connectivity index (χ0) is 39.3. The fourth-order valence-corrected chi connectivity index (χ4v) is 6.46. The predicted octanol–water partition coefficient (Wildman–Crippen LogP) is 7.14. The van der Waals surface area contributed by atoms with Gasteiger partial charge in [-0.1, -0.05) is 22.4 Å². The molecule has 0 spiro atoms. The highest BCUT2D eigenvalue weighted by atomic mass is 19.2. The molecule has 12 nitrogen and oxygen atoms in total. The van der Waals surface area contributed by atoms with E-state index in [1.807, 2.05) is 0 Å². The third-order valence-electron chi connectivity index (χ3n) is 9.33. The normalized spacial score (nSPS) is 17.0. The third-order valence-corrected chi connectivity index (χ3v) is 9.33. The molecule has 2 atom stereocenters. The number of halogens is 6. The molecular weight excluding hydrogens is 746 g/mol. The van der Waals surface area contributed by atoms with Gasteiger partial charge in [-0.2, -0.15) is 9.97 Å². The Bertz CT molecular complexity index is 2180. The van der Waals surface area contributed by atoms with Crippen LogP contribution in [0.4, 0.5) is 26.3 Å². The average molecular weight is 777 g/mol. The van der Waals surface area contributed by atoms with Crippen molar-refractivity contribution in [3.8, 4) is 23.2 Å². The van der Waals surface area contributed by atoms with Crippen LogP contribution in [0.15, 0.2) is 82.1 Å². The summed E-state index contributed by atoms with van der Waals surface area (Å²) in [6.45, 7) is 1.19. The van der Waals surface area contributed by atoms with Crippen molar-refractivity contribution in [1.82, 2.24) is 40.0 Å².